The molecule has 0 N–H and O–H groups in total. The van der Waals surface area contributed by atoms with Crippen LogP contribution >= 0.6 is 34.5 Å². The number of nitrogens with zero attached hydrogens (tertiary/aromatic N) is 4. The summed E-state index contributed by atoms with van der Waals surface area (Å²) in [6, 6.07) is 7.60. The molecule has 2 heterocycles. The fraction of sp³-hybridized carbons (Fsp3) is 0.312. The van der Waals surface area contributed by atoms with Crippen LogP contribution in [0.1, 0.15) is 9.88 Å². The maximum atomic E-state index is 12.4. The molecule has 1 aliphatic rings. The Hall–Kier alpha value is -1.81. The highest BCUT2D eigenvalue weighted by molar-refractivity contribution is 7.12. The summed E-state index contributed by atoms with van der Waals surface area (Å²) in [4.78, 5) is 21.0. The molecule has 5 nitrogen and oxygen atoms in total. The Morgan fingerprint density at radius 2 is 2.00 bits per heavy atom. The second-order valence-electron chi connectivity index (χ2n) is 5.37. The van der Waals surface area contributed by atoms with Crippen molar-refractivity contribution in [3.8, 4) is 6.07 Å². The summed E-state index contributed by atoms with van der Waals surface area (Å²) >= 11 is 13.3. The lowest BCUT2D eigenvalue weighted by Crippen LogP contribution is -2.49. The Balaban J connectivity index is 1.57. The van der Waals surface area contributed by atoms with Crippen LogP contribution in [0.2, 0.25) is 10.0 Å². The number of carbonyl (C=O) groups is 1. The van der Waals surface area contributed by atoms with Crippen molar-refractivity contribution in [3.05, 3.63) is 44.3 Å². The molecule has 1 aliphatic heterocycles. The van der Waals surface area contributed by atoms with Crippen molar-refractivity contribution in [1.29, 1.82) is 5.26 Å². The summed E-state index contributed by atoms with van der Waals surface area (Å²) in [5.41, 5.74) is 1.01. The first-order chi connectivity index (χ1) is 11.6. The lowest BCUT2D eigenvalue weighted by molar-refractivity contribution is -0.130. The van der Waals surface area contributed by atoms with E-state index < -0.39 is 0 Å². The Kier molecular flexibility index (Phi) is 5.24. The smallest absolute Gasteiger partial charge is 0.229 e. The molecule has 2 aromatic rings. The van der Waals surface area contributed by atoms with E-state index in [-0.39, 0.29) is 12.3 Å². The van der Waals surface area contributed by atoms with Crippen LogP contribution in [0, 0.1) is 11.3 Å². The first-order valence-electron chi connectivity index (χ1n) is 7.39. The molecule has 24 heavy (non-hydrogen) atoms. The van der Waals surface area contributed by atoms with Crippen LogP contribution in [0.3, 0.4) is 0 Å². The van der Waals surface area contributed by atoms with E-state index in [9.17, 15) is 4.79 Å². The summed E-state index contributed by atoms with van der Waals surface area (Å²) in [7, 11) is 0. The number of thiazole rings is 1. The van der Waals surface area contributed by atoms with Crippen LogP contribution in [0.4, 0.5) is 5.69 Å². The maximum absolute atomic E-state index is 12.4. The number of benzene rings is 1. The van der Waals surface area contributed by atoms with Crippen molar-refractivity contribution in [2.24, 2.45) is 0 Å². The largest absolute Gasteiger partial charge is 0.368 e. The Bertz CT molecular complexity index is 794. The Morgan fingerprint density at radius 1 is 1.25 bits per heavy atom. The van der Waals surface area contributed by atoms with Gasteiger partial charge in [0.2, 0.25) is 5.91 Å². The molecule has 0 saturated carbocycles. The fourth-order valence-electron chi connectivity index (χ4n) is 2.58. The van der Waals surface area contributed by atoms with Gasteiger partial charge < -0.3 is 9.80 Å². The van der Waals surface area contributed by atoms with Crippen molar-refractivity contribution < 1.29 is 4.79 Å². The lowest BCUT2D eigenvalue weighted by Gasteiger charge is -2.36. The summed E-state index contributed by atoms with van der Waals surface area (Å²) in [5, 5.41) is 10.6. The molecule has 0 bridgehead atoms. The van der Waals surface area contributed by atoms with E-state index in [4.69, 9.17) is 28.5 Å². The molecule has 1 aromatic carbocycles. The standard InChI is InChI=1S/C16H14Cl2N4OS/c17-13-2-1-11(7-14(13)18)21-3-5-22(6-4-21)16(23)8-15-20-10-12(9-19)24-15/h1-2,7,10H,3-6,8H2. The summed E-state index contributed by atoms with van der Waals surface area (Å²) < 4.78 is 0. The molecule has 0 spiro atoms. The van der Waals surface area contributed by atoms with Gasteiger partial charge in [0.1, 0.15) is 16.0 Å². The number of aromatic nitrogens is 1. The minimum absolute atomic E-state index is 0.0441. The van der Waals surface area contributed by atoms with Crippen LogP contribution in [-0.2, 0) is 11.2 Å². The van der Waals surface area contributed by atoms with E-state index in [0.29, 0.717) is 33.0 Å². The molecule has 0 aliphatic carbocycles. The molecule has 124 valence electrons. The fourth-order valence-corrected chi connectivity index (χ4v) is 3.58. The Morgan fingerprint density at radius 3 is 2.62 bits per heavy atom. The molecule has 1 fully saturated rings. The van der Waals surface area contributed by atoms with Gasteiger partial charge in [-0.05, 0) is 18.2 Å². The number of halogens is 2. The van der Waals surface area contributed by atoms with Gasteiger partial charge in [-0.15, -0.1) is 11.3 Å². The molecule has 0 atom stereocenters. The molecular weight excluding hydrogens is 367 g/mol. The van der Waals surface area contributed by atoms with Crippen molar-refractivity contribution in [2.75, 3.05) is 31.1 Å². The van der Waals surface area contributed by atoms with Gasteiger partial charge in [0, 0.05) is 31.9 Å². The SMILES string of the molecule is N#Cc1cnc(CC(=O)N2CCN(c3ccc(Cl)c(Cl)c3)CC2)s1. The van der Waals surface area contributed by atoms with Gasteiger partial charge in [-0.3, -0.25) is 4.79 Å². The van der Waals surface area contributed by atoms with E-state index in [1.54, 1.807) is 6.07 Å². The number of carbonyl (C=O) groups excluding carboxylic acids is 1. The second kappa shape index (κ2) is 7.39. The van der Waals surface area contributed by atoms with Gasteiger partial charge in [-0.2, -0.15) is 5.26 Å². The van der Waals surface area contributed by atoms with Crippen LogP contribution in [0.5, 0.6) is 0 Å². The molecule has 3 rings (SSSR count). The zero-order valence-electron chi connectivity index (χ0n) is 12.7. The van der Waals surface area contributed by atoms with Gasteiger partial charge in [0.15, 0.2) is 0 Å². The number of rotatable bonds is 3. The van der Waals surface area contributed by atoms with Crippen LogP contribution in [-0.4, -0.2) is 42.0 Å². The molecular formula is C16H14Cl2N4OS. The number of nitriles is 1. The average molecular weight is 381 g/mol. The summed E-state index contributed by atoms with van der Waals surface area (Å²) in [6.45, 7) is 2.78. The number of amides is 1. The molecule has 0 radical (unpaired) electrons. The Labute approximate surface area is 154 Å². The van der Waals surface area contributed by atoms with E-state index in [1.165, 1.54) is 17.5 Å². The van der Waals surface area contributed by atoms with E-state index >= 15 is 0 Å². The number of anilines is 1. The number of hydrogen-bond donors (Lipinski definition) is 0. The van der Waals surface area contributed by atoms with Crippen molar-refractivity contribution in [1.82, 2.24) is 9.88 Å². The zero-order valence-corrected chi connectivity index (χ0v) is 15.0. The van der Waals surface area contributed by atoms with Gasteiger partial charge in [0.25, 0.3) is 0 Å². The normalized spacial score (nSPS) is 14.5. The highest BCUT2D eigenvalue weighted by Gasteiger charge is 2.22. The van der Waals surface area contributed by atoms with E-state index in [0.717, 1.165) is 18.8 Å². The quantitative estimate of drug-likeness (QED) is 0.819. The third-order valence-corrected chi connectivity index (χ3v) is 5.51. The van der Waals surface area contributed by atoms with Crippen molar-refractivity contribution in [3.63, 3.8) is 0 Å². The molecule has 0 unspecified atom stereocenters. The minimum Gasteiger partial charge on any atom is -0.368 e. The van der Waals surface area contributed by atoms with Crippen molar-refractivity contribution in [2.45, 2.75) is 6.42 Å². The molecule has 1 saturated heterocycles. The third kappa shape index (κ3) is 3.81. The predicted octanol–water partition coefficient (Wildman–Crippen LogP) is 3.21. The van der Waals surface area contributed by atoms with Crippen LogP contribution in [0.15, 0.2) is 24.4 Å². The third-order valence-electron chi connectivity index (χ3n) is 3.87. The topological polar surface area (TPSA) is 60.2 Å². The van der Waals surface area contributed by atoms with Gasteiger partial charge in [-0.25, -0.2) is 4.98 Å². The number of hydrogen-bond acceptors (Lipinski definition) is 5. The maximum Gasteiger partial charge on any atom is 0.229 e. The van der Waals surface area contributed by atoms with Gasteiger partial charge in [0.05, 0.1) is 22.7 Å². The predicted molar refractivity (Wildman–Crippen MR) is 95.8 cm³/mol. The second-order valence-corrected chi connectivity index (χ2v) is 7.30. The van der Waals surface area contributed by atoms with Crippen molar-refractivity contribution >= 4 is 46.1 Å². The number of piperazine rings is 1. The average Bonchev–Trinajstić information content (AvgIpc) is 3.05. The summed E-state index contributed by atoms with van der Waals surface area (Å²) in [6.07, 6.45) is 1.76. The summed E-state index contributed by atoms with van der Waals surface area (Å²) in [5.74, 6) is 0.0441. The molecule has 1 aromatic heterocycles. The highest BCUT2D eigenvalue weighted by Crippen LogP contribution is 2.27. The van der Waals surface area contributed by atoms with Crippen LogP contribution in [0.25, 0.3) is 0 Å². The van der Waals surface area contributed by atoms with E-state index in [1.807, 2.05) is 23.1 Å². The van der Waals surface area contributed by atoms with Gasteiger partial charge in [-0.1, -0.05) is 23.2 Å². The monoisotopic (exact) mass is 380 g/mol. The van der Waals surface area contributed by atoms with E-state index in [2.05, 4.69) is 9.88 Å². The highest BCUT2D eigenvalue weighted by atomic mass is 35.5. The first kappa shape index (κ1) is 17.0. The zero-order chi connectivity index (χ0) is 17.1. The molecule has 8 heteroatoms. The van der Waals surface area contributed by atoms with Gasteiger partial charge >= 0.3 is 0 Å². The molecule has 1 amide bonds. The first-order valence-corrected chi connectivity index (χ1v) is 8.96. The minimum atomic E-state index is 0.0441. The lowest BCUT2D eigenvalue weighted by atomic mass is 10.2. The van der Waals surface area contributed by atoms with Crippen LogP contribution < -0.4 is 4.90 Å².